The van der Waals surface area contributed by atoms with Crippen molar-refractivity contribution in [2.45, 2.75) is 31.8 Å². The predicted molar refractivity (Wildman–Crippen MR) is 104 cm³/mol. The summed E-state index contributed by atoms with van der Waals surface area (Å²) in [7, 11) is -4.17. The first-order valence-corrected chi connectivity index (χ1v) is 10.9. The summed E-state index contributed by atoms with van der Waals surface area (Å²) in [6.45, 7) is 5.37. The number of hydrogen-bond acceptors (Lipinski definition) is 4. The highest BCUT2D eigenvalue weighted by molar-refractivity contribution is 7.89. The van der Waals surface area contributed by atoms with Crippen LogP contribution in [-0.2, 0) is 16.2 Å². The van der Waals surface area contributed by atoms with Gasteiger partial charge in [-0.05, 0) is 39.0 Å². The molecular weight excluding hydrogens is 445 g/mol. The highest BCUT2D eigenvalue weighted by Crippen LogP contribution is 2.36. The van der Waals surface area contributed by atoms with Crippen molar-refractivity contribution in [3.63, 3.8) is 0 Å². The van der Waals surface area contributed by atoms with E-state index in [0.29, 0.717) is 23.2 Å². The number of halogens is 4. The van der Waals surface area contributed by atoms with Gasteiger partial charge in [0, 0.05) is 31.7 Å². The zero-order chi connectivity index (χ0) is 22.4. The quantitative estimate of drug-likeness (QED) is 0.687. The third kappa shape index (κ3) is 4.08. The zero-order valence-electron chi connectivity index (χ0n) is 16.5. The second-order valence-electron chi connectivity index (χ2n) is 7.05. The van der Waals surface area contributed by atoms with Crippen molar-refractivity contribution >= 4 is 27.5 Å². The first-order valence-electron chi connectivity index (χ1n) is 9.06. The minimum Gasteiger partial charge on any atom is -0.466 e. The van der Waals surface area contributed by atoms with E-state index in [4.69, 9.17) is 16.0 Å². The van der Waals surface area contributed by atoms with Gasteiger partial charge in [0.1, 0.15) is 11.5 Å². The molecule has 11 heteroatoms. The Balaban J connectivity index is 1.78. The molecule has 0 N–H and O–H groups in total. The number of furan rings is 1. The highest BCUT2D eigenvalue weighted by Gasteiger charge is 2.37. The number of carbonyl (C=O) groups excluding carboxylic acids is 1. The second-order valence-corrected chi connectivity index (χ2v) is 9.40. The number of benzene rings is 1. The fourth-order valence-corrected chi connectivity index (χ4v) is 5.10. The standard InChI is InChI=1S/C19H20ClF3N2O4S/c1-11-12(2)29-13(3)17(11)18(26)24-6-8-25(9-7-24)30(27,28)14-4-5-16(20)15(10-14)19(21,22)23/h4-5,10H,6-9H2,1-3H3. The summed E-state index contributed by atoms with van der Waals surface area (Å²) < 4.78 is 71.5. The van der Waals surface area contributed by atoms with Gasteiger partial charge in [0.25, 0.3) is 5.91 Å². The molecule has 1 aliphatic rings. The average Bonchev–Trinajstić information content (AvgIpc) is 2.92. The smallest absolute Gasteiger partial charge is 0.417 e. The first kappa shape index (κ1) is 22.6. The van der Waals surface area contributed by atoms with Crippen LogP contribution in [0.5, 0.6) is 0 Å². The van der Waals surface area contributed by atoms with Gasteiger partial charge in [-0.2, -0.15) is 17.5 Å². The van der Waals surface area contributed by atoms with E-state index in [9.17, 15) is 26.4 Å². The van der Waals surface area contributed by atoms with E-state index < -0.39 is 31.7 Å². The van der Waals surface area contributed by atoms with E-state index in [1.54, 1.807) is 20.8 Å². The van der Waals surface area contributed by atoms with Crippen LogP contribution in [0.1, 0.15) is 33.0 Å². The fourth-order valence-electron chi connectivity index (χ4n) is 3.43. The monoisotopic (exact) mass is 464 g/mol. The average molecular weight is 465 g/mol. The summed E-state index contributed by atoms with van der Waals surface area (Å²) >= 11 is 5.58. The van der Waals surface area contributed by atoms with Crippen molar-refractivity contribution in [3.8, 4) is 0 Å². The van der Waals surface area contributed by atoms with Gasteiger partial charge in [0.05, 0.1) is 21.0 Å². The SMILES string of the molecule is Cc1oc(C)c(C(=O)N2CCN(S(=O)(=O)c3ccc(Cl)c(C(F)(F)F)c3)CC2)c1C. The molecule has 30 heavy (non-hydrogen) atoms. The van der Waals surface area contributed by atoms with E-state index >= 15 is 0 Å². The van der Waals surface area contributed by atoms with Crippen LogP contribution in [0, 0.1) is 20.8 Å². The molecule has 2 aromatic rings. The van der Waals surface area contributed by atoms with E-state index in [-0.39, 0.29) is 32.1 Å². The molecule has 0 atom stereocenters. The molecule has 164 valence electrons. The number of sulfonamides is 1. The minimum atomic E-state index is -4.77. The second kappa shape index (κ2) is 7.90. The molecule has 1 amide bonds. The Kier molecular flexibility index (Phi) is 5.96. The number of alkyl halides is 3. The topological polar surface area (TPSA) is 70.8 Å². The predicted octanol–water partition coefficient (Wildman–Crippen LogP) is 4.02. The molecule has 0 saturated carbocycles. The van der Waals surface area contributed by atoms with Gasteiger partial charge < -0.3 is 9.32 Å². The summed E-state index contributed by atoms with van der Waals surface area (Å²) in [4.78, 5) is 13.9. The van der Waals surface area contributed by atoms with Gasteiger partial charge in [-0.15, -0.1) is 0 Å². The van der Waals surface area contributed by atoms with Crippen molar-refractivity contribution < 1.29 is 30.8 Å². The van der Waals surface area contributed by atoms with Crippen molar-refractivity contribution in [2.75, 3.05) is 26.2 Å². The van der Waals surface area contributed by atoms with Crippen LogP contribution in [0.4, 0.5) is 13.2 Å². The Bertz CT molecular complexity index is 1090. The number of nitrogens with zero attached hydrogens (tertiary/aromatic N) is 2. The number of aryl methyl sites for hydroxylation is 2. The van der Waals surface area contributed by atoms with E-state index in [0.717, 1.165) is 22.0 Å². The molecule has 1 aromatic heterocycles. The zero-order valence-corrected chi connectivity index (χ0v) is 18.1. The summed E-state index contributed by atoms with van der Waals surface area (Å²) in [5.41, 5.74) is -0.0231. The molecule has 1 fully saturated rings. The number of piperazine rings is 1. The van der Waals surface area contributed by atoms with Gasteiger partial charge in [0.15, 0.2) is 0 Å². The lowest BCUT2D eigenvalue weighted by Gasteiger charge is -2.34. The van der Waals surface area contributed by atoms with Crippen LogP contribution >= 0.6 is 11.6 Å². The molecule has 1 saturated heterocycles. The van der Waals surface area contributed by atoms with Crippen LogP contribution < -0.4 is 0 Å². The summed E-state index contributed by atoms with van der Waals surface area (Å²) in [6, 6.07) is 2.51. The van der Waals surface area contributed by atoms with Crippen molar-refractivity contribution in [1.29, 1.82) is 0 Å². The number of carbonyl (C=O) groups is 1. The lowest BCUT2D eigenvalue weighted by Crippen LogP contribution is -2.50. The van der Waals surface area contributed by atoms with Gasteiger partial charge in [-0.3, -0.25) is 4.79 Å². The van der Waals surface area contributed by atoms with E-state index in [1.165, 1.54) is 4.90 Å². The lowest BCUT2D eigenvalue weighted by molar-refractivity contribution is -0.137. The molecular formula is C19H20ClF3N2O4S. The Morgan fingerprint density at radius 2 is 1.67 bits per heavy atom. The summed E-state index contributed by atoms with van der Waals surface area (Å²) in [6.07, 6.45) is -4.77. The third-order valence-electron chi connectivity index (χ3n) is 5.18. The van der Waals surface area contributed by atoms with Crippen LogP contribution in [0.3, 0.4) is 0 Å². The van der Waals surface area contributed by atoms with Crippen molar-refractivity contribution in [3.05, 3.63) is 51.4 Å². The third-order valence-corrected chi connectivity index (χ3v) is 7.41. The van der Waals surface area contributed by atoms with E-state index in [1.807, 2.05) is 0 Å². The highest BCUT2D eigenvalue weighted by atomic mass is 35.5. The summed E-state index contributed by atoms with van der Waals surface area (Å²) in [5.74, 6) is 0.871. The molecule has 0 spiro atoms. The Hall–Kier alpha value is -2.04. The Morgan fingerprint density at radius 3 is 2.17 bits per heavy atom. The number of rotatable bonds is 3. The maximum absolute atomic E-state index is 13.1. The molecule has 0 radical (unpaired) electrons. The summed E-state index contributed by atoms with van der Waals surface area (Å²) in [5, 5.41) is -0.571. The van der Waals surface area contributed by atoms with Crippen molar-refractivity contribution in [1.82, 2.24) is 9.21 Å². The van der Waals surface area contributed by atoms with Gasteiger partial charge in [-0.25, -0.2) is 8.42 Å². The lowest BCUT2D eigenvalue weighted by atomic mass is 10.1. The number of hydrogen-bond donors (Lipinski definition) is 0. The van der Waals surface area contributed by atoms with Gasteiger partial charge in [-0.1, -0.05) is 11.6 Å². The molecule has 6 nitrogen and oxygen atoms in total. The maximum atomic E-state index is 13.1. The van der Waals surface area contributed by atoms with Crippen LogP contribution in [-0.4, -0.2) is 49.7 Å². The normalized spacial score (nSPS) is 16.2. The molecule has 0 aliphatic carbocycles. The fraction of sp³-hybridized carbons (Fsp3) is 0.421. The number of amides is 1. The molecule has 1 aromatic carbocycles. The van der Waals surface area contributed by atoms with Crippen molar-refractivity contribution in [2.24, 2.45) is 0 Å². The molecule has 2 heterocycles. The molecule has 0 bridgehead atoms. The Morgan fingerprint density at radius 1 is 1.07 bits per heavy atom. The maximum Gasteiger partial charge on any atom is 0.417 e. The van der Waals surface area contributed by atoms with E-state index in [2.05, 4.69) is 0 Å². The minimum absolute atomic E-state index is 0.0347. The first-order chi connectivity index (χ1) is 13.8. The Labute approximate surface area is 177 Å². The largest absolute Gasteiger partial charge is 0.466 e. The van der Waals surface area contributed by atoms with Crippen LogP contribution in [0.2, 0.25) is 5.02 Å². The molecule has 3 rings (SSSR count). The molecule has 0 unspecified atom stereocenters. The van der Waals surface area contributed by atoms with Gasteiger partial charge in [0.2, 0.25) is 10.0 Å². The van der Waals surface area contributed by atoms with Gasteiger partial charge >= 0.3 is 6.18 Å². The van der Waals surface area contributed by atoms with Crippen LogP contribution in [0.25, 0.3) is 0 Å². The van der Waals surface area contributed by atoms with Crippen LogP contribution in [0.15, 0.2) is 27.5 Å². The molecule has 1 aliphatic heterocycles.